The van der Waals surface area contributed by atoms with E-state index in [9.17, 15) is 8.78 Å². The number of anilines is 1. The van der Waals surface area contributed by atoms with E-state index in [1.807, 2.05) is 12.1 Å². The minimum atomic E-state index is -0.398. The number of nitrogens with one attached hydrogen (secondary N) is 1. The fourth-order valence-corrected chi connectivity index (χ4v) is 3.40. The molecule has 3 aromatic carbocycles. The molecule has 1 N–H and O–H groups in total. The zero-order chi connectivity index (χ0) is 20.1. The first-order valence-electron chi connectivity index (χ1n) is 8.39. The second kappa shape index (κ2) is 9.26. The summed E-state index contributed by atoms with van der Waals surface area (Å²) in [7, 11) is 1.55. The van der Waals surface area contributed by atoms with Crippen LogP contribution in [0.15, 0.2) is 59.1 Å². The smallest absolute Gasteiger partial charge is 0.175 e. The number of ether oxygens (including phenoxy) is 2. The van der Waals surface area contributed by atoms with Gasteiger partial charge >= 0.3 is 0 Å². The Balaban J connectivity index is 1.72. The summed E-state index contributed by atoms with van der Waals surface area (Å²) in [6.45, 7) is 0.686. The third-order valence-electron chi connectivity index (χ3n) is 4.02. The lowest BCUT2D eigenvalue weighted by atomic mass is 10.2. The summed E-state index contributed by atoms with van der Waals surface area (Å²) in [5.74, 6) is 0.389. The second-order valence-electron chi connectivity index (χ2n) is 5.99. The molecule has 0 aliphatic rings. The molecule has 0 radical (unpaired) electrons. The predicted octanol–water partition coefficient (Wildman–Crippen LogP) is 6.58. The van der Waals surface area contributed by atoms with E-state index < -0.39 is 5.82 Å². The summed E-state index contributed by atoms with van der Waals surface area (Å²) in [6.07, 6.45) is 0. The maximum Gasteiger partial charge on any atom is 0.175 e. The molecule has 3 rings (SSSR count). The summed E-state index contributed by atoms with van der Waals surface area (Å²) in [4.78, 5) is 0. The van der Waals surface area contributed by atoms with Crippen molar-refractivity contribution in [2.24, 2.45) is 0 Å². The van der Waals surface area contributed by atoms with Gasteiger partial charge in [0.15, 0.2) is 11.5 Å². The molecule has 0 aromatic heterocycles. The van der Waals surface area contributed by atoms with Crippen LogP contribution in [0.4, 0.5) is 14.5 Å². The molecule has 0 atom stereocenters. The Bertz CT molecular complexity index is 967. The molecule has 0 aliphatic heterocycles. The number of halogens is 4. The molecule has 0 aliphatic carbocycles. The lowest BCUT2D eigenvalue weighted by molar-refractivity contribution is 0.282. The molecule has 7 heteroatoms. The molecule has 0 bridgehead atoms. The van der Waals surface area contributed by atoms with Crippen LogP contribution in [0.25, 0.3) is 0 Å². The fraction of sp³-hybridized carbons (Fsp3) is 0.143. The number of hydrogen-bond acceptors (Lipinski definition) is 3. The van der Waals surface area contributed by atoms with E-state index in [0.717, 1.165) is 11.3 Å². The van der Waals surface area contributed by atoms with E-state index in [1.54, 1.807) is 25.3 Å². The van der Waals surface area contributed by atoms with E-state index in [2.05, 4.69) is 21.2 Å². The molecular weight excluding hydrogens is 452 g/mol. The maximum absolute atomic E-state index is 13.2. The van der Waals surface area contributed by atoms with Crippen molar-refractivity contribution in [2.45, 2.75) is 13.2 Å². The van der Waals surface area contributed by atoms with Crippen LogP contribution in [0.5, 0.6) is 11.5 Å². The van der Waals surface area contributed by atoms with Gasteiger partial charge in [0.1, 0.15) is 18.2 Å². The summed E-state index contributed by atoms with van der Waals surface area (Å²) < 4.78 is 38.2. The van der Waals surface area contributed by atoms with Crippen molar-refractivity contribution < 1.29 is 18.3 Å². The van der Waals surface area contributed by atoms with Crippen LogP contribution in [0.1, 0.15) is 11.1 Å². The predicted molar refractivity (Wildman–Crippen MR) is 110 cm³/mol. The highest BCUT2D eigenvalue weighted by atomic mass is 79.9. The first kappa shape index (κ1) is 20.4. The van der Waals surface area contributed by atoms with Gasteiger partial charge in [-0.05, 0) is 70.0 Å². The van der Waals surface area contributed by atoms with Crippen LogP contribution >= 0.6 is 27.5 Å². The van der Waals surface area contributed by atoms with Gasteiger partial charge in [-0.3, -0.25) is 0 Å². The van der Waals surface area contributed by atoms with Crippen LogP contribution in [-0.2, 0) is 13.2 Å². The lowest BCUT2D eigenvalue weighted by Crippen LogP contribution is -2.03. The van der Waals surface area contributed by atoms with E-state index in [0.29, 0.717) is 33.1 Å². The molecule has 146 valence electrons. The average Bonchev–Trinajstić information content (AvgIpc) is 2.67. The van der Waals surface area contributed by atoms with Gasteiger partial charge in [-0.1, -0.05) is 17.7 Å². The van der Waals surface area contributed by atoms with Crippen molar-refractivity contribution in [1.82, 2.24) is 0 Å². The zero-order valence-corrected chi connectivity index (χ0v) is 17.3. The number of benzene rings is 3. The Morgan fingerprint density at radius 1 is 1.00 bits per heavy atom. The zero-order valence-electron chi connectivity index (χ0n) is 14.9. The minimum Gasteiger partial charge on any atom is -0.493 e. The number of hydrogen-bond donors (Lipinski definition) is 1. The van der Waals surface area contributed by atoms with Crippen molar-refractivity contribution >= 4 is 33.2 Å². The SMILES string of the molecule is COc1cc(CNc2ccc(F)cc2)cc(Br)c1OCc1ccc(F)cc1Cl. The van der Waals surface area contributed by atoms with Crippen molar-refractivity contribution in [1.29, 1.82) is 0 Å². The Morgan fingerprint density at radius 2 is 1.71 bits per heavy atom. The standard InChI is InChI=1S/C21H17BrClF2NO2/c1-27-20-9-13(11-26-17-6-4-15(24)5-7-17)8-18(22)21(20)28-12-14-2-3-16(25)10-19(14)23/h2-10,26H,11-12H2,1H3. The summed E-state index contributed by atoms with van der Waals surface area (Å²) in [5.41, 5.74) is 2.42. The molecule has 0 heterocycles. The summed E-state index contributed by atoms with van der Waals surface area (Å²) >= 11 is 9.55. The van der Waals surface area contributed by atoms with Crippen LogP contribution in [0.2, 0.25) is 5.02 Å². The largest absolute Gasteiger partial charge is 0.493 e. The molecule has 0 fully saturated rings. The van der Waals surface area contributed by atoms with Crippen LogP contribution in [0.3, 0.4) is 0 Å². The molecule has 3 nitrogen and oxygen atoms in total. The molecule has 0 amide bonds. The third-order valence-corrected chi connectivity index (χ3v) is 4.96. The van der Waals surface area contributed by atoms with E-state index >= 15 is 0 Å². The van der Waals surface area contributed by atoms with E-state index in [4.69, 9.17) is 21.1 Å². The molecule has 0 saturated heterocycles. The number of rotatable bonds is 7. The van der Waals surface area contributed by atoms with Crippen molar-refractivity contribution in [3.8, 4) is 11.5 Å². The van der Waals surface area contributed by atoms with E-state index in [-0.39, 0.29) is 12.4 Å². The first-order chi connectivity index (χ1) is 13.5. The molecule has 28 heavy (non-hydrogen) atoms. The van der Waals surface area contributed by atoms with Gasteiger partial charge in [0, 0.05) is 17.8 Å². The van der Waals surface area contributed by atoms with Gasteiger partial charge in [0.2, 0.25) is 0 Å². The van der Waals surface area contributed by atoms with Crippen molar-refractivity contribution in [3.63, 3.8) is 0 Å². The number of methoxy groups -OCH3 is 1. The normalized spacial score (nSPS) is 10.6. The molecule has 3 aromatic rings. The highest BCUT2D eigenvalue weighted by Crippen LogP contribution is 2.37. The lowest BCUT2D eigenvalue weighted by Gasteiger charge is -2.15. The van der Waals surface area contributed by atoms with E-state index in [1.165, 1.54) is 24.3 Å². The van der Waals surface area contributed by atoms with Crippen LogP contribution < -0.4 is 14.8 Å². The van der Waals surface area contributed by atoms with Gasteiger partial charge in [-0.15, -0.1) is 0 Å². The quantitative estimate of drug-likeness (QED) is 0.425. The Kier molecular flexibility index (Phi) is 6.75. The Labute approximate surface area is 175 Å². The van der Waals surface area contributed by atoms with Gasteiger partial charge in [-0.25, -0.2) is 8.78 Å². The monoisotopic (exact) mass is 467 g/mol. The maximum atomic E-state index is 13.2. The molecule has 0 unspecified atom stereocenters. The van der Waals surface area contributed by atoms with Crippen molar-refractivity contribution in [3.05, 3.63) is 86.9 Å². The first-order valence-corrected chi connectivity index (χ1v) is 9.56. The topological polar surface area (TPSA) is 30.5 Å². The third kappa shape index (κ3) is 5.14. The molecular formula is C21H17BrClF2NO2. The molecule has 0 saturated carbocycles. The highest BCUT2D eigenvalue weighted by molar-refractivity contribution is 9.10. The minimum absolute atomic E-state index is 0.168. The summed E-state index contributed by atoms with van der Waals surface area (Å²) in [6, 6.07) is 14.1. The second-order valence-corrected chi connectivity index (χ2v) is 7.26. The highest BCUT2D eigenvalue weighted by Gasteiger charge is 2.13. The fourth-order valence-electron chi connectivity index (χ4n) is 2.58. The van der Waals surface area contributed by atoms with Gasteiger partial charge in [0.25, 0.3) is 0 Å². The Hall–Kier alpha value is -2.31. The Morgan fingerprint density at radius 3 is 2.39 bits per heavy atom. The van der Waals surface area contributed by atoms with Gasteiger partial charge < -0.3 is 14.8 Å². The summed E-state index contributed by atoms with van der Waals surface area (Å²) in [5, 5.41) is 3.52. The van der Waals surface area contributed by atoms with Crippen LogP contribution in [-0.4, -0.2) is 7.11 Å². The average molecular weight is 469 g/mol. The van der Waals surface area contributed by atoms with Crippen LogP contribution in [0, 0.1) is 11.6 Å². The molecule has 0 spiro atoms. The van der Waals surface area contributed by atoms with Gasteiger partial charge in [0.05, 0.1) is 16.6 Å². The van der Waals surface area contributed by atoms with Gasteiger partial charge in [-0.2, -0.15) is 0 Å². The van der Waals surface area contributed by atoms with Crippen molar-refractivity contribution in [2.75, 3.05) is 12.4 Å².